The number of rotatable bonds is 10. The van der Waals surface area contributed by atoms with Crippen molar-refractivity contribution in [1.29, 1.82) is 0 Å². The standard InChI is InChI=1S/C20H24ClN7O2/c1-3-5-12-23-19-24-18(22-4-2)25-20(26-19)30-16-10-11-17(29)28(27-16)13-14-6-8-15(21)9-7-14/h6-11H,3-5,12-13H2,1-2H3,(H2,22,23,24,25,26). The van der Waals surface area contributed by atoms with Gasteiger partial charge in [-0.3, -0.25) is 4.79 Å². The highest BCUT2D eigenvalue weighted by molar-refractivity contribution is 6.30. The summed E-state index contributed by atoms with van der Waals surface area (Å²) in [5.74, 6) is 1.02. The molecule has 0 aliphatic heterocycles. The van der Waals surface area contributed by atoms with Gasteiger partial charge in [0.1, 0.15) is 0 Å². The third-order valence-corrected chi connectivity index (χ3v) is 4.30. The van der Waals surface area contributed by atoms with Gasteiger partial charge >= 0.3 is 6.01 Å². The summed E-state index contributed by atoms with van der Waals surface area (Å²) in [4.78, 5) is 25.1. The minimum absolute atomic E-state index is 0.0872. The summed E-state index contributed by atoms with van der Waals surface area (Å²) in [5.41, 5.74) is 0.645. The first-order valence-electron chi connectivity index (χ1n) is 9.81. The maximum Gasteiger partial charge on any atom is 0.330 e. The van der Waals surface area contributed by atoms with Gasteiger partial charge in [0, 0.05) is 30.2 Å². The highest BCUT2D eigenvalue weighted by Crippen LogP contribution is 2.17. The van der Waals surface area contributed by atoms with E-state index in [1.165, 1.54) is 16.8 Å². The molecule has 9 nitrogen and oxygen atoms in total. The summed E-state index contributed by atoms with van der Waals surface area (Å²) >= 11 is 5.92. The molecule has 3 rings (SSSR count). The molecule has 0 bridgehead atoms. The number of hydrogen-bond acceptors (Lipinski definition) is 8. The quantitative estimate of drug-likeness (QED) is 0.471. The van der Waals surface area contributed by atoms with Crippen LogP contribution < -0.4 is 20.9 Å². The number of halogens is 1. The zero-order valence-electron chi connectivity index (χ0n) is 16.9. The SMILES string of the molecule is CCCCNc1nc(NCC)nc(Oc2ccc(=O)n(Cc3ccc(Cl)cc3)n2)n1. The van der Waals surface area contributed by atoms with E-state index in [1.807, 2.05) is 19.1 Å². The van der Waals surface area contributed by atoms with Gasteiger partial charge in [0.05, 0.1) is 6.54 Å². The average Bonchev–Trinajstić information content (AvgIpc) is 2.72. The van der Waals surface area contributed by atoms with Crippen molar-refractivity contribution in [3.05, 3.63) is 57.3 Å². The van der Waals surface area contributed by atoms with Gasteiger partial charge < -0.3 is 15.4 Å². The van der Waals surface area contributed by atoms with Crippen LogP contribution in [-0.4, -0.2) is 37.8 Å². The van der Waals surface area contributed by atoms with Crippen LogP contribution in [0, 0.1) is 0 Å². The van der Waals surface area contributed by atoms with Crippen molar-refractivity contribution in [3.63, 3.8) is 0 Å². The van der Waals surface area contributed by atoms with Gasteiger partial charge in [-0.05, 0) is 31.0 Å². The second-order valence-corrected chi connectivity index (χ2v) is 6.91. The summed E-state index contributed by atoms with van der Waals surface area (Å²) < 4.78 is 7.04. The molecule has 1 aromatic carbocycles. The molecular weight excluding hydrogens is 406 g/mol. The lowest BCUT2D eigenvalue weighted by atomic mass is 10.2. The zero-order valence-corrected chi connectivity index (χ0v) is 17.7. The second kappa shape index (κ2) is 10.5. The molecule has 10 heteroatoms. The van der Waals surface area contributed by atoms with Crippen molar-refractivity contribution in [2.75, 3.05) is 23.7 Å². The van der Waals surface area contributed by atoms with Crippen molar-refractivity contribution in [2.24, 2.45) is 0 Å². The molecule has 3 aromatic rings. The van der Waals surface area contributed by atoms with E-state index < -0.39 is 0 Å². The molecule has 0 spiro atoms. The van der Waals surface area contributed by atoms with E-state index in [4.69, 9.17) is 16.3 Å². The molecule has 0 fully saturated rings. The summed E-state index contributed by atoms with van der Waals surface area (Å²) in [6.45, 7) is 5.75. The third-order valence-electron chi connectivity index (χ3n) is 4.05. The number of ether oxygens (including phenoxy) is 1. The first-order chi connectivity index (χ1) is 14.6. The Balaban J connectivity index is 1.80. The van der Waals surface area contributed by atoms with E-state index in [-0.39, 0.29) is 24.0 Å². The second-order valence-electron chi connectivity index (χ2n) is 6.47. The van der Waals surface area contributed by atoms with Gasteiger partial charge in [-0.25, -0.2) is 4.68 Å². The fraction of sp³-hybridized carbons (Fsp3) is 0.350. The van der Waals surface area contributed by atoms with E-state index in [0.717, 1.165) is 24.9 Å². The molecule has 0 amide bonds. The van der Waals surface area contributed by atoms with Crippen molar-refractivity contribution >= 4 is 23.5 Å². The van der Waals surface area contributed by atoms with E-state index >= 15 is 0 Å². The summed E-state index contributed by atoms with van der Waals surface area (Å²) in [5, 5.41) is 11.1. The first-order valence-corrected chi connectivity index (χ1v) is 10.2. The molecule has 0 aliphatic carbocycles. The third kappa shape index (κ3) is 6.15. The Morgan fingerprint density at radius 1 is 1.00 bits per heavy atom. The summed E-state index contributed by atoms with van der Waals surface area (Å²) in [7, 11) is 0. The molecule has 2 aromatic heterocycles. The van der Waals surface area contributed by atoms with Crippen LogP contribution in [-0.2, 0) is 6.54 Å². The minimum Gasteiger partial charge on any atom is -0.403 e. The Hall–Kier alpha value is -3.20. The van der Waals surface area contributed by atoms with E-state index in [9.17, 15) is 4.79 Å². The van der Waals surface area contributed by atoms with Crippen LogP contribution in [0.5, 0.6) is 11.9 Å². The number of unbranched alkanes of at least 4 members (excludes halogenated alkanes) is 1. The summed E-state index contributed by atoms with van der Waals surface area (Å²) in [6.07, 6.45) is 2.05. The van der Waals surface area contributed by atoms with E-state index in [0.29, 0.717) is 23.5 Å². The zero-order chi connectivity index (χ0) is 21.3. The fourth-order valence-electron chi connectivity index (χ4n) is 2.55. The number of nitrogens with zero attached hydrogens (tertiary/aromatic N) is 5. The van der Waals surface area contributed by atoms with Gasteiger partial charge in [0.15, 0.2) is 0 Å². The van der Waals surface area contributed by atoms with Crippen LogP contribution in [0.3, 0.4) is 0 Å². The molecule has 0 aliphatic rings. The lowest BCUT2D eigenvalue weighted by molar-refractivity contribution is 0.403. The number of hydrogen-bond donors (Lipinski definition) is 2. The number of aromatic nitrogens is 5. The number of benzene rings is 1. The molecule has 0 saturated carbocycles. The number of nitrogens with one attached hydrogen (secondary N) is 2. The largest absolute Gasteiger partial charge is 0.403 e. The number of anilines is 2. The highest BCUT2D eigenvalue weighted by Gasteiger charge is 2.10. The minimum atomic E-state index is -0.247. The monoisotopic (exact) mass is 429 g/mol. The molecular formula is C20H24ClN7O2. The van der Waals surface area contributed by atoms with Gasteiger partial charge in [0.25, 0.3) is 5.56 Å². The summed E-state index contributed by atoms with van der Waals surface area (Å²) in [6, 6.07) is 10.2. The van der Waals surface area contributed by atoms with Crippen LogP contribution in [0.25, 0.3) is 0 Å². The Morgan fingerprint density at radius 2 is 1.73 bits per heavy atom. The maximum atomic E-state index is 12.2. The predicted molar refractivity (Wildman–Crippen MR) is 117 cm³/mol. The molecule has 0 saturated heterocycles. The smallest absolute Gasteiger partial charge is 0.330 e. The molecule has 158 valence electrons. The predicted octanol–water partition coefficient (Wildman–Crippen LogP) is 3.57. The Kier molecular flexibility index (Phi) is 7.56. The van der Waals surface area contributed by atoms with Crippen LogP contribution >= 0.6 is 11.6 Å². The normalized spacial score (nSPS) is 10.6. The molecule has 0 atom stereocenters. The van der Waals surface area contributed by atoms with Crippen LogP contribution in [0.4, 0.5) is 11.9 Å². The average molecular weight is 430 g/mol. The molecule has 2 heterocycles. The molecule has 30 heavy (non-hydrogen) atoms. The Labute approximate surface area is 179 Å². The lowest BCUT2D eigenvalue weighted by Crippen LogP contribution is -2.22. The van der Waals surface area contributed by atoms with Crippen molar-refractivity contribution in [2.45, 2.75) is 33.2 Å². The Bertz CT molecular complexity index is 1020. The molecule has 2 N–H and O–H groups in total. The maximum absolute atomic E-state index is 12.2. The first kappa shape index (κ1) is 21.5. The van der Waals surface area contributed by atoms with E-state index in [1.54, 1.807) is 12.1 Å². The Morgan fingerprint density at radius 3 is 2.43 bits per heavy atom. The topological polar surface area (TPSA) is 107 Å². The molecule has 0 unspecified atom stereocenters. The van der Waals surface area contributed by atoms with Gasteiger partial charge in [-0.1, -0.05) is 37.1 Å². The van der Waals surface area contributed by atoms with Crippen LogP contribution in [0.2, 0.25) is 5.02 Å². The van der Waals surface area contributed by atoms with Gasteiger partial charge in [-0.15, -0.1) is 5.10 Å². The fourth-order valence-corrected chi connectivity index (χ4v) is 2.68. The van der Waals surface area contributed by atoms with Crippen molar-refractivity contribution in [1.82, 2.24) is 24.7 Å². The van der Waals surface area contributed by atoms with E-state index in [2.05, 4.69) is 37.6 Å². The molecule has 0 radical (unpaired) electrons. The van der Waals surface area contributed by atoms with Crippen LogP contribution in [0.15, 0.2) is 41.2 Å². The van der Waals surface area contributed by atoms with Gasteiger partial charge in [-0.2, -0.15) is 15.0 Å². The van der Waals surface area contributed by atoms with Crippen molar-refractivity contribution in [3.8, 4) is 11.9 Å². The van der Waals surface area contributed by atoms with Gasteiger partial charge in [0.2, 0.25) is 17.8 Å². The van der Waals surface area contributed by atoms with Crippen LogP contribution in [0.1, 0.15) is 32.3 Å². The lowest BCUT2D eigenvalue weighted by Gasteiger charge is -2.10. The van der Waals surface area contributed by atoms with Crippen molar-refractivity contribution < 1.29 is 4.74 Å². The highest BCUT2D eigenvalue weighted by atomic mass is 35.5.